The number of nitrogens with zero attached hydrogens (tertiary/aromatic N) is 8. The Bertz CT molecular complexity index is 856. The van der Waals surface area contributed by atoms with E-state index in [1.54, 1.807) is 34.8 Å². The molecule has 1 aliphatic heterocycles. The second-order valence-corrected chi connectivity index (χ2v) is 5.23. The summed E-state index contributed by atoms with van der Waals surface area (Å²) in [7, 11) is 1.69. The molecule has 3 aromatic heterocycles. The van der Waals surface area contributed by atoms with E-state index in [-0.39, 0.29) is 12.0 Å². The highest BCUT2D eigenvalue weighted by Gasteiger charge is 2.29. The van der Waals surface area contributed by atoms with Crippen molar-refractivity contribution in [2.75, 3.05) is 19.7 Å². The monoisotopic (exact) mass is 314 g/mol. The highest BCUT2D eigenvalue weighted by atomic mass is 16.5. The third kappa shape index (κ3) is 2.52. The molecule has 4 heterocycles. The second kappa shape index (κ2) is 5.39. The van der Waals surface area contributed by atoms with Crippen molar-refractivity contribution in [3.63, 3.8) is 0 Å². The number of hydrogen-bond donors (Lipinski definition) is 0. The number of aryl methyl sites for hydroxylation is 1. The molecule has 1 saturated heterocycles. The van der Waals surface area contributed by atoms with Crippen LogP contribution in [0.2, 0.25) is 0 Å². The maximum atomic E-state index is 12.7. The van der Waals surface area contributed by atoms with Gasteiger partial charge in [-0.2, -0.15) is 9.90 Å². The van der Waals surface area contributed by atoms with E-state index in [2.05, 4.69) is 25.5 Å². The Balaban J connectivity index is 1.55. The van der Waals surface area contributed by atoms with Crippen molar-refractivity contribution >= 4 is 11.6 Å². The van der Waals surface area contributed by atoms with Crippen molar-refractivity contribution in [1.29, 1.82) is 0 Å². The summed E-state index contributed by atoms with van der Waals surface area (Å²) >= 11 is 0. The van der Waals surface area contributed by atoms with Crippen molar-refractivity contribution in [3.8, 4) is 0 Å². The van der Waals surface area contributed by atoms with Gasteiger partial charge in [-0.15, -0.1) is 10.2 Å². The van der Waals surface area contributed by atoms with Gasteiger partial charge >= 0.3 is 0 Å². The molecule has 118 valence electrons. The lowest BCUT2D eigenvalue weighted by Crippen LogP contribution is -2.42. The third-order valence-corrected chi connectivity index (χ3v) is 3.69. The highest BCUT2D eigenvalue weighted by molar-refractivity contribution is 5.94. The number of hydrogen-bond acceptors (Lipinski definition) is 7. The fourth-order valence-electron chi connectivity index (χ4n) is 2.54. The molecule has 1 atom stereocenters. The molecule has 4 rings (SSSR count). The predicted octanol–water partition coefficient (Wildman–Crippen LogP) is -0.534. The number of fused-ring (bicyclic) bond motifs is 1. The Morgan fingerprint density at radius 1 is 1.39 bits per heavy atom. The standard InChI is InChI=1S/C13H14N8O2/c1-19-17-12(16-18-19)10-7-20(4-5-23-10)13(22)9-2-3-11-14-8-15-21(11)6-9/h2-3,6,8,10H,4-5,7H2,1H3. The van der Waals surface area contributed by atoms with Gasteiger partial charge in [-0.05, 0) is 17.3 Å². The Kier molecular flexibility index (Phi) is 3.23. The molecule has 3 aromatic rings. The quantitative estimate of drug-likeness (QED) is 0.626. The minimum Gasteiger partial charge on any atom is -0.366 e. The number of pyridine rings is 1. The van der Waals surface area contributed by atoms with Crippen LogP contribution in [-0.2, 0) is 11.8 Å². The normalized spacial score (nSPS) is 18.5. The molecule has 0 saturated carbocycles. The van der Waals surface area contributed by atoms with E-state index in [0.717, 1.165) is 0 Å². The Morgan fingerprint density at radius 2 is 2.30 bits per heavy atom. The smallest absolute Gasteiger partial charge is 0.255 e. The Morgan fingerprint density at radius 3 is 3.13 bits per heavy atom. The van der Waals surface area contributed by atoms with Gasteiger partial charge in [-0.3, -0.25) is 4.79 Å². The van der Waals surface area contributed by atoms with Crippen LogP contribution < -0.4 is 0 Å². The molecule has 1 fully saturated rings. The number of carbonyl (C=O) groups is 1. The van der Waals surface area contributed by atoms with Crippen molar-refractivity contribution in [3.05, 3.63) is 36.0 Å². The zero-order chi connectivity index (χ0) is 15.8. The van der Waals surface area contributed by atoms with E-state index in [9.17, 15) is 4.79 Å². The van der Waals surface area contributed by atoms with Crippen LogP contribution in [0.3, 0.4) is 0 Å². The summed E-state index contributed by atoms with van der Waals surface area (Å²) in [5.41, 5.74) is 1.25. The zero-order valence-corrected chi connectivity index (χ0v) is 12.4. The van der Waals surface area contributed by atoms with Gasteiger partial charge in [0.15, 0.2) is 5.65 Å². The highest BCUT2D eigenvalue weighted by Crippen LogP contribution is 2.20. The van der Waals surface area contributed by atoms with Gasteiger partial charge in [0, 0.05) is 12.7 Å². The number of ether oxygens (including phenoxy) is 1. The average Bonchev–Trinajstić information content (AvgIpc) is 3.22. The van der Waals surface area contributed by atoms with Crippen molar-refractivity contribution in [1.82, 2.24) is 39.7 Å². The minimum atomic E-state index is -0.364. The van der Waals surface area contributed by atoms with E-state index in [4.69, 9.17) is 4.74 Å². The fourth-order valence-corrected chi connectivity index (χ4v) is 2.54. The summed E-state index contributed by atoms with van der Waals surface area (Å²) in [5, 5.41) is 16.0. The largest absolute Gasteiger partial charge is 0.366 e. The summed E-state index contributed by atoms with van der Waals surface area (Å²) in [6.07, 6.45) is 2.76. The third-order valence-electron chi connectivity index (χ3n) is 3.69. The first-order valence-electron chi connectivity index (χ1n) is 7.15. The van der Waals surface area contributed by atoms with Crippen LogP contribution >= 0.6 is 0 Å². The topological polar surface area (TPSA) is 103 Å². The van der Waals surface area contributed by atoms with E-state index < -0.39 is 0 Å². The molecular formula is C13H14N8O2. The molecule has 0 spiro atoms. The summed E-state index contributed by atoms with van der Waals surface area (Å²) in [4.78, 5) is 19.9. The molecule has 0 N–H and O–H groups in total. The summed E-state index contributed by atoms with van der Waals surface area (Å²) in [6, 6.07) is 3.51. The van der Waals surface area contributed by atoms with E-state index in [0.29, 0.717) is 36.7 Å². The number of tetrazole rings is 1. The van der Waals surface area contributed by atoms with Crippen LogP contribution in [0.15, 0.2) is 24.7 Å². The van der Waals surface area contributed by atoms with Gasteiger partial charge in [0.2, 0.25) is 5.82 Å². The maximum absolute atomic E-state index is 12.7. The Labute approximate surface area is 130 Å². The summed E-state index contributed by atoms with van der Waals surface area (Å²) < 4.78 is 7.23. The number of amides is 1. The molecule has 23 heavy (non-hydrogen) atoms. The summed E-state index contributed by atoms with van der Waals surface area (Å²) in [6.45, 7) is 1.34. The zero-order valence-electron chi connectivity index (χ0n) is 12.4. The van der Waals surface area contributed by atoms with Crippen molar-refractivity contribution < 1.29 is 9.53 Å². The van der Waals surface area contributed by atoms with Crippen molar-refractivity contribution in [2.45, 2.75) is 6.10 Å². The summed E-state index contributed by atoms with van der Waals surface area (Å²) in [5.74, 6) is 0.399. The lowest BCUT2D eigenvalue weighted by molar-refractivity contribution is -0.0269. The van der Waals surface area contributed by atoms with Gasteiger partial charge in [0.1, 0.15) is 12.4 Å². The van der Waals surface area contributed by atoms with Gasteiger partial charge in [0.25, 0.3) is 5.91 Å². The van der Waals surface area contributed by atoms with Gasteiger partial charge in [-0.25, -0.2) is 9.50 Å². The average molecular weight is 314 g/mol. The Hall–Kier alpha value is -2.88. The molecule has 1 aliphatic rings. The number of carbonyl (C=O) groups excluding carboxylic acids is 1. The second-order valence-electron chi connectivity index (χ2n) is 5.23. The van der Waals surface area contributed by atoms with Crippen molar-refractivity contribution in [2.24, 2.45) is 7.05 Å². The lowest BCUT2D eigenvalue weighted by Gasteiger charge is -2.31. The predicted molar refractivity (Wildman–Crippen MR) is 76.4 cm³/mol. The molecule has 0 radical (unpaired) electrons. The van der Waals surface area contributed by atoms with Gasteiger partial charge in [0.05, 0.1) is 25.8 Å². The van der Waals surface area contributed by atoms with Crippen LogP contribution in [0.5, 0.6) is 0 Å². The molecule has 1 amide bonds. The van der Waals surface area contributed by atoms with Crippen LogP contribution in [0.4, 0.5) is 0 Å². The minimum absolute atomic E-state index is 0.0837. The van der Waals surface area contributed by atoms with E-state index in [1.807, 2.05) is 0 Å². The number of rotatable bonds is 2. The van der Waals surface area contributed by atoms with E-state index >= 15 is 0 Å². The van der Waals surface area contributed by atoms with Crippen LogP contribution in [0.1, 0.15) is 22.3 Å². The first-order chi connectivity index (χ1) is 11.2. The molecule has 0 aromatic carbocycles. The maximum Gasteiger partial charge on any atom is 0.255 e. The molecule has 10 heteroatoms. The molecule has 0 bridgehead atoms. The van der Waals surface area contributed by atoms with E-state index in [1.165, 1.54) is 11.1 Å². The number of morpholine rings is 1. The first-order valence-corrected chi connectivity index (χ1v) is 7.15. The van der Waals surface area contributed by atoms with Crippen LogP contribution in [-0.4, -0.2) is 65.3 Å². The van der Waals surface area contributed by atoms with Crippen LogP contribution in [0.25, 0.3) is 5.65 Å². The lowest BCUT2D eigenvalue weighted by atomic mass is 10.2. The molecular weight excluding hydrogens is 300 g/mol. The fraction of sp³-hybridized carbons (Fsp3) is 0.385. The van der Waals surface area contributed by atoms with Gasteiger partial charge in [-0.1, -0.05) is 0 Å². The first kappa shape index (κ1) is 13.8. The SMILES string of the molecule is Cn1nnc(C2CN(C(=O)c3ccc4ncnn4c3)CCO2)n1. The molecule has 0 aliphatic carbocycles. The van der Waals surface area contributed by atoms with Gasteiger partial charge < -0.3 is 9.64 Å². The molecule has 1 unspecified atom stereocenters. The number of aromatic nitrogens is 7. The molecule has 10 nitrogen and oxygen atoms in total. The van der Waals surface area contributed by atoms with Crippen LogP contribution in [0, 0.1) is 0 Å².